The number of hydrogen-bond donors (Lipinski definition) is 0. The summed E-state index contributed by atoms with van der Waals surface area (Å²) in [5, 5.41) is 18.8. The minimum absolute atomic E-state index is 0.242. The fourth-order valence-corrected chi connectivity index (χ4v) is 1.81. The van der Waals surface area contributed by atoms with Crippen LogP contribution in [-0.4, -0.2) is 29.5 Å². The lowest BCUT2D eigenvalue weighted by atomic mass is 10.3. The first-order valence-electron chi connectivity index (χ1n) is 5.15. The molecule has 0 aliphatic heterocycles. The van der Waals surface area contributed by atoms with Crippen molar-refractivity contribution < 1.29 is 4.92 Å². The van der Waals surface area contributed by atoms with E-state index < -0.39 is 4.92 Å². The maximum absolute atomic E-state index is 10.9. The van der Waals surface area contributed by atoms with E-state index in [1.807, 2.05) is 12.1 Å². The number of aromatic nitrogens is 5. The fraction of sp³-hybridized carbons (Fsp3) is 0.100. The van der Waals surface area contributed by atoms with Gasteiger partial charge in [0.15, 0.2) is 0 Å². The van der Waals surface area contributed by atoms with Crippen LogP contribution in [0.1, 0.15) is 0 Å². The molecule has 0 unspecified atom stereocenters. The molecule has 8 heteroatoms. The average molecular weight is 244 g/mol. The third-order valence-corrected chi connectivity index (χ3v) is 2.61. The number of nitro groups is 1. The first kappa shape index (κ1) is 10.4. The van der Waals surface area contributed by atoms with E-state index in [2.05, 4.69) is 15.3 Å². The number of rotatable bonds is 2. The summed E-state index contributed by atoms with van der Waals surface area (Å²) >= 11 is 0. The molecule has 0 fully saturated rings. The predicted octanol–water partition coefficient (Wildman–Crippen LogP) is 1.06. The van der Waals surface area contributed by atoms with Gasteiger partial charge < -0.3 is 10.1 Å². The zero-order chi connectivity index (χ0) is 12.7. The zero-order valence-corrected chi connectivity index (χ0v) is 9.39. The molecule has 0 amide bonds. The van der Waals surface area contributed by atoms with Crippen LogP contribution in [0.5, 0.6) is 0 Å². The lowest BCUT2D eigenvalue weighted by Crippen LogP contribution is -2.05. The van der Waals surface area contributed by atoms with E-state index in [0.717, 1.165) is 0 Å². The zero-order valence-electron chi connectivity index (χ0n) is 9.39. The first-order chi connectivity index (χ1) is 8.68. The van der Waals surface area contributed by atoms with Gasteiger partial charge in [0.2, 0.25) is 12.1 Å². The van der Waals surface area contributed by atoms with Crippen LogP contribution in [0.3, 0.4) is 0 Å². The summed E-state index contributed by atoms with van der Waals surface area (Å²) in [7, 11) is 1.67. The maximum atomic E-state index is 10.9. The molecule has 2 heterocycles. The van der Waals surface area contributed by atoms with Crippen molar-refractivity contribution in [1.82, 2.24) is 24.5 Å². The van der Waals surface area contributed by atoms with E-state index >= 15 is 0 Å². The molecule has 0 radical (unpaired) electrons. The van der Waals surface area contributed by atoms with Crippen molar-refractivity contribution in [3.05, 3.63) is 40.7 Å². The summed E-state index contributed by atoms with van der Waals surface area (Å²) in [6.45, 7) is 0. The molecule has 3 rings (SSSR count). The van der Waals surface area contributed by atoms with Crippen LogP contribution < -0.4 is 0 Å². The lowest BCUT2D eigenvalue weighted by molar-refractivity contribution is -0.389. The molecule has 3 aromatic rings. The summed E-state index contributed by atoms with van der Waals surface area (Å²) in [5.41, 5.74) is 1.37. The molecule has 0 saturated carbocycles. The molecule has 2 aromatic heterocycles. The lowest BCUT2D eigenvalue weighted by Gasteiger charge is -2.01. The molecule has 0 bridgehead atoms. The standard InChI is InChI=1S/C10H8N6O2/c1-14-6-11-9(16(17)18)10(14)15-8-5-3-2-4-7(8)12-13-15/h2-6H,1H3. The molecule has 0 N–H and O–H groups in total. The number of hydrogen-bond acceptors (Lipinski definition) is 5. The van der Waals surface area contributed by atoms with Gasteiger partial charge in [0.25, 0.3) is 0 Å². The average Bonchev–Trinajstić information content (AvgIpc) is 2.92. The van der Waals surface area contributed by atoms with Crippen molar-refractivity contribution >= 4 is 16.9 Å². The van der Waals surface area contributed by atoms with Gasteiger partial charge in [-0.25, -0.2) is 0 Å². The van der Waals surface area contributed by atoms with E-state index in [1.54, 1.807) is 23.7 Å². The molecule has 0 aliphatic carbocycles. The second-order valence-corrected chi connectivity index (χ2v) is 3.75. The van der Waals surface area contributed by atoms with Gasteiger partial charge in [0.05, 0.1) is 5.52 Å². The van der Waals surface area contributed by atoms with E-state index in [-0.39, 0.29) is 11.6 Å². The normalized spacial score (nSPS) is 10.9. The van der Waals surface area contributed by atoms with Crippen molar-refractivity contribution in [2.75, 3.05) is 0 Å². The van der Waals surface area contributed by atoms with Gasteiger partial charge in [-0.3, -0.25) is 4.57 Å². The second kappa shape index (κ2) is 3.62. The highest BCUT2D eigenvalue weighted by Crippen LogP contribution is 2.22. The Labute approximate surface area is 101 Å². The topological polar surface area (TPSA) is 91.7 Å². The van der Waals surface area contributed by atoms with Gasteiger partial charge in [0.1, 0.15) is 5.52 Å². The van der Waals surface area contributed by atoms with Crippen LogP contribution in [0.4, 0.5) is 5.82 Å². The molecule has 0 spiro atoms. The maximum Gasteiger partial charge on any atom is 0.408 e. The third kappa shape index (κ3) is 1.35. The number of aryl methyl sites for hydroxylation is 1. The quantitative estimate of drug-likeness (QED) is 0.496. The second-order valence-electron chi connectivity index (χ2n) is 3.75. The SMILES string of the molecule is Cn1cnc([N+](=O)[O-])c1-n1nnc2ccccc21. The molecule has 1 aromatic carbocycles. The van der Waals surface area contributed by atoms with Gasteiger partial charge in [-0.2, -0.15) is 4.68 Å². The Kier molecular flexibility index (Phi) is 2.09. The van der Waals surface area contributed by atoms with Gasteiger partial charge in [-0.15, -0.1) is 5.10 Å². The molecular weight excluding hydrogens is 236 g/mol. The van der Waals surface area contributed by atoms with Gasteiger partial charge in [0, 0.05) is 7.05 Å². The molecule has 0 atom stereocenters. The fourth-order valence-electron chi connectivity index (χ4n) is 1.81. The van der Waals surface area contributed by atoms with E-state index in [0.29, 0.717) is 11.0 Å². The van der Waals surface area contributed by atoms with Crippen LogP contribution in [-0.2, 0) is 7.05 Å². The monoisotopic (exact) mass is 244 g/mol. The van der Waals surface area contributed by atoms with Crippen molar-refractivity contribution in [3.63, 3.8) is 0 Å². The summed E-state index contributed by atoms with van der Waals surface area (Å²) < 4.78 is 2.96. The van der Waals surface area contributed by atoms with Crippen LogP contribution in [0.15, 0.2) is 30.6 Å². The number of nitrogens with zero attached hydrogens (tertiary/aromatic N) is 6. The van der Waals surface area contributed by atoms with Crippen LogP contribution >= 0.6 is 0 Å². The van der Waals surface area contributed by atoms with Crippen molar-refractivity contribution in [2.45, 2.75) is 0 Å². The van der Waals surface area contributed by atoms with Crippen LogP contribution in [0, 0.1) is 10.1 Å². The summed E-state index contributed by atoms with van der Waals surface area (Å²) in [6.07, 6.45) is 1.38. The highest BCUT2D eigenvalue weighted by Gasteiger charge is 2.24. The molecule has 0 saturated heterocycles. The smallest absolute Gasteiger partial charge is 0.358 e. The Bertz CT molecular complexity index is 744. The third-order valence-electron chi connectivity index (χ3n) is 2.61. The highest BCUT2D eigenvalue weighted by molar-refractivity contribution is 5.76. The molecule has 90 valence electrons. The highest BCUT2D eigenvalue weighted by atomic mass is 16.6. The van der Waals surface area contributed by atoms with E-state index in [9.17, 15) is 10.1 Å². The largest absolute Gasteiger partial charge is 0.408 e. The Morgan fingerprint density at radius 2 is 2.11 bits per heavy atom. The minimum Gasteiger partial charge on any atom is -0.358 e. The van der Waals surface area contributed by atoms with Crippen molar-refractivity contribution in [1.29, 1.82) is 0 Å². The number of imidazole rings is 1. The first-order valence-corrected chi connectivity index (χ1v) is 5.15. The Morgan fingerprint density at radius 3 is 2.89 bits per heavy atom. The van der Waals surface area contributed by atoms with Crippen molar-refractivity contribution in [3.8, 4) is 5.82 Å². The predicted molar refractivity (Wildman–Crippen MR) is 62.3 cm³/mol. The molecular formula is C10H8N6O2. The van der Waals surface area contributed by atoms with Gasteiger partial charge in [-0.05, 0) is 22.0 Å². The number of fused-ring (bicyclic) bond motifs is 1. The minimum atomic E-state index is -0.536. The Hall–Kier alpha value is -2.77. The summed E-state index contributed by atoms with van der Waals surface area (Å²) in [6, 6.07) is 7.25. The van der Waals surface area contributed by atoms with E-state index in [4.69, 9.17) is 0 Å². The number of benzene rings is 1. The molecule has 18 heavy (non-hydrogen) atoms. The number of para-hydroxylation sites is 1. The van der Waals surface area contributed by atoms with Gasteiger partial charge in [-0.1, -0.05) is 17.3 Å². The van der Waals surface area contributed by atoms with Gasteiger partial charge >= 0.3 is 5.82 Å². The Morgan fingerprint density at radius 1 is 1.33 bits per heavy atom. The molecule has 0 aliphatic rings. The summed E-state index contributed by atoms with van der Waals surface area (Å²) in [4.78, 5) is 14.2. The Balaban J connectivity index is 2.33. The van der Waals surface area contributed by atoms with Crippen molar-refractivity contribution in [2.24, 2.45) is 7.05 Å². The van der Waals surface area contributed by atoms with E-state index in [1.165, 1.54) is 11.0 Å². The van der Waals surface area contributed by atoms with Crippen LogP contribution in [0.25, 0.3) is 16.9 Å². The summed E-state index contributed by atoms with van der Waals surface area (Å²) in [5.74, 6) is 0.0434. The molecule has 8 nitrogen and oxygen atoms in total. The van der Waals surface area contributed by atoms with Crippen LogP contribution in [0.2, 0.25) is 0 Å².